The molecule has 2 heterocycles. The van der Waals surface area contributed by atoms with Crippen LogP contribution in [0.3, 0.4) is 0 Å². The molecule has 0 radical (unpaired) electrons. The molecule has 2 aromatic rings. The van der Waals surface area contributed by atoms with Gasteiger partial charge in [0.05, 0.1) is 11.4 Å². The van der Waals surface area contributed by atoms with Crippen molar-refractivity contribution in [2.24, 2.45) is 10.4 Å². The number of guanidine groups is 1. The van der Waals surface area contributed by atoms with Gasteiger partial charge in [0.1, 0.15) is 5.82 Å². The molecule has 0 spiro atoms. The molecule has 3 rings (SSSR count). The van der Waals surface area contributed by atoms with Crippen molar-refractivity contribution in [1.82, 2.24) is 20.0 Å². The molecule has 7 heteroatoms. The number of rotatable bonds is 5. The van der Waals surface area contributed by atoms with Gasteiger partial charge in [-0.15, -0.1) is 24.0 Å². The first-order chi connectivity index (χ1) is 12.5. The third kappa shape index (κ3) is 5.92. The predicted octanol–water partition coefficient (Wildman–Crippen LogP) is 3.87. The summed E-state index contributed by atoms with van der Waals surface area (Å²) in [5, 5.41) is 7.96. The van der Waals surface area contributed by atoms with E-state index >= 15 is 0 Å². The Morgan fingerprint density at radius 3 is 2.63 bits per heavy atom. The lowest BCUT2D eigenvalue weighted by atomic mass is 9.93. The van der Waals surface area contributed by atoms with E-state index in [1.165, 1.54) is 18.6 Å². The van der Waals surface area contributed by atoms with Crippen LogP contribution in [0.25, 0.3) is 5.69 Å². The quantitative estimate of drug-likeness (QED) is 0.398. The molecule has 0 amide bonds. The van der Waals surface area contributed by atoms with Gasteiger partial charge in [0, 0.05) is 38.8 Å². The Bertz CT molecular complexity index is 754. The lowest BCUT2D eigenvalue weighted by molar-refractivity contribution is 0.370. The minimum absolute atomic E-state index is 0. The molecule has 5 nitrogen and oxygen atoms in total. The molecular formula is C20H29FIN5. The molecule has 1 fully saturated rings. The molecule has 1 saturated heterocycles. The fourth-order valence-electron chi connectivity index (χ4n) is 3.23. The highest BCUT2D eigenvalue weighted by molar-refractivity contribution is 14.0. The van der Waals surface area contributed by atoms with E-state index in [1.807, 2.05) is 12.3 Å². The zero-order valence-electron chi connectivity index (χ0n) is 16.3. The molecule has 0 aliphatic carbocycles. The molecule has 1 aromatic heterocycles. The van der Waals surface area contributed by atoms with Crippen LogP contribution in [0.5, 0.6) is 0 Å². The predicted molar refractivity (Wildman–Crippen MR) is 119 cm³/mol. The van der Waals surface area contributed by atoms with Gasteiger partial charge >= 0.3 is 0 Å². The Kier molecular flexibility index (Phi) is 7.64. The van der Waals surface area contributed by atoms with Crippen LogP contribution in [-0.2, 0) is 6.42 Å². The number of aromatic nitrogens is 2. The maximum Gasteiger partial charge on any atom is 0.193 e. The zero-order valence-corrected chi connectivity index (χ0v) is 18.6. The van der Waals surface area contributed by atoms with Crippen molar-refractivity contribution in [1.29, 1.82) is 0 Å². The van der Waals surface area contributed by atoms with E-state index < -0.39 is 0 Å². The fraction of sp³-hybridized carbons (Fsp3) is 0.500. The monoisotopic (exact) mass is 485 g/mol. The Morgan fingerprint density at radius 1 is 1.26 bits per heavy atom. The summed E-state index contributed by atoms with van der Waals surface area (Å²) >= 11 is 0. The lowest BCUT2D eigenvalue weighted by Gasteiger charge is -2.23. The van der Waals surface area contributed by atoms with Crippen LogP contribution in [0.15, 0.2) is 41.5 Å². The van der Waals surface area contributed by atoms with Crippen LogP contribution in [0.1, 0.15) is 32.9 Å². The average molecular weight is 485 g/mol. The third-order valence-corrected chi connectivity index (χ3v) is 4.68. The van der Waals surface area contributed by atoms with Gasteiger partial charge in [-0.25, -0.2) is 9.07 Å². The van der Waals surface area contributed by atoms with Crippen LogP contribution in [0, 0.1) is 11.2 Å². The van der Waals surface area contributed by atoms with Crippen LogP contribution in [-0.4, -0.2) is 46.8 Å². The topological polar surface area (TPSA) is 45.5 Å². The Hall–Kier alpha value is -1.64. The summed E-state index contributed by atoms with van der Waals surface area (Å²) in [6, 6.07) is 8.33. The first kappa shape index (κ1) is 21.7. The molecule has 0 bridgehead atoms. The van der Waals surface area contributed by atoms with Gasteiger partial charge in [0.15, 0.2) is 5.96 Å². The van der Waals surface area contributed by atoms with Gasteiger partial charge in [-0.2, -0.15) is 5.10 Å². The summed E-state index contributed by atoms with van der Waals surface area (Å²) < 4.78 is 14.8. The molecule has 1 N–H and O–H groups in total. The van der Waals surface area contributed by atoms with E-state index in [0.29, 0.717) is 12.0 Å². The Labute approximate surface area is 178 Å². The maximum absolute atomic E-state index is 13.0. The van der Waals surface area contributed by atoms with Crippen molar-refractivity contribution >= 4 is 29.9 Å². The standard InChI is InChI=1S/C20H28FN5.HI/c1-4-22-19(25-14-11-20(2,3)15-25)23-12-9-17-10-13-26(24-17)18-7-5-16(21)6-8-18;/h5-8,10,13H,4,9,11-12,14-15H2,1-3H3,(H,22,23);1H. The summed E-state index contributed by atoms with van der Waals surface area (Å²) in [4.78, 5) is 7.13. The molecule has 1 aliphatic heterocycles. The molecule has 148 valence electrons. The van der Waals surface area contributed by atoms with Crippen molar-refractivity contribution in [3.8, 4) is 5.69 Å². The summed E-state index contributed by atoms with van der Waals surface area (Å²) in [6.07, 6.45) is 3.88. The molecule has 1 aromatic carbocycles. The second-order valence-corrected chi connectivity index (χ2v) is 7.55. The van der Waals surface area contributed by atoms with E-state index in [1.54, 1.807) is 16.8 Å². The number of likely N-dealkylation sites (tertiary alicyclic amines) is 1. The number of nitrogens with zero attached hydrogens (tertiary/aromatic N) is 4. The van der Waals surface area contributed by atoms with Gasteiger partial charge in [-0.05, 0) is 49.1 Å². The number of hydrogen-bond donors (Lipinski definition) is 1. The minimum Gasteiger partial charge on any atom is -0.357 e. The third-order valence-electron chi connectivity index (χ3n) is 4.68. The minimum atomic E-state index is -0.239. The Balaban J connectivity index is 0.00000261. The normalized spacial score (nSPS) is 16.3. The van der Waals surface area contributed by atoms with E-state index in [2.05, 4.69) is 36.1 Å². The summed E-state index contributed by atoms with van der Waals surface area (Å²) in [5.41, 5.74) is 2.19. The van der Waals surface area contributed by atoms with Gasteiger partial charge in [-0.3, -0.25) is 4.99 Å². The van der Waals surface area contributed by atoms with Crippen LogP contribution in [0.4, 0.5) is 4.39 Å². The largest absolute Gasteiger partial charge is 0.357 e. The number of halogens is 2. The first-order valence-electron chi connectivity index (χ1n) is 9.30. The number of benzene rings is 1. The van der Waals surface area contributed by atoms with Crippen molar-refractivity contribution in [3.05, 3.63) is 48.0 Å². The summed E-state index contributed by atoms with van der Waals surface area (Å²) in [6.45, 7) is 10.4. The summed E-state index contributed by atoms with van der Waals surface area (Å²) in [7, 11) is 0. The Morgan fingerprint density at radius 2 is 2.00 bits per heavy atom. The van der Waals surface area contributed by atoms with Crippen molar-refractivity contribution in [2.45, 2.75) is 33.6 Å². The second-order valence-electron chi connectivity index (χ2n) is 7.55. The SMILES string of the molecule is CCNC(=NCCc1ccn(-c2ccc(F)cc2)n1)N1CCC(C)(C)C1.I. The first-order valence-corrected chi connectivity index (χ1v) is 9.30. The van der Waals surface area contributed by atoms with Gasteiger partial charge in [-0.1, -0.05) is 13.8 Å². The molecular weight excluding hydrogens is 456 g/mol. The van der Waals surface area contributed by atoms with Crippen molar-refractivity contribution in [2.75, 3.05) is 26.2 Å². The number of aliphatic imine (C=N–C) groups is 1. The van der Waals surface area contributed by atoms with E-state index in [4.69, 9.17) is 4.99 Å². The fourth-order valence-corrected chi connectivity index (χ4v) is 3.23. The van der Waals surface area contributed by atoms with Gasteiger partial charge in [0.25, 0.3) is 0 Å². The lowest BCUT2D eigenvalue weighted by Crippen LogP contribution is -2.40. The maximum atomic E-state index is 13.0. The molecule has 0 atom stereocenters. The molecule has 27 heavy (non-hydrogen) atoms. The van der Waals surface area contributed by atoms with Crippen LogP contribution >= 0.6 is 24.0 Å². The highest BCUT2D eigenvalue weighted by atomic mass is 127. The van der Waals surface area contributed by atoms with Gasteiger partial charge in [0.2, 0.25) is 0 Å². The zero-order chi connectivity index (χ0) is 18.6. The van der Waals surface area contributed by atoms with Crippen LogP contribution < -0.4 is 5.32 Å². The summed E-state index contributed by atoms with van der Waals surface area (Å²) in [5.74, 6) is 0.757. The number of hydrogen-bond acceptors (Lipinski definition) is 2. The molecule has 0 saturated carbocycles. The molecule has 0 unspecified atom stereocenters. The van der Waals surface area contributed by atoms with E-state index in [9.17, 15) is 4.39 Å². The second kappa shape index (κ2) is 9.52. The van der Waals surface area contributed by atoms with Crippen LogP contribution in [0.2, 0.25) is 0 Å². The van der Waals surface area contributed by atoms with Crippen molar-refractivity contribution < 1.29 is 4.39 Å². The number of nitrogens with one attached hydrogen (secondary N) is 1. The highest BCUT2D eigenvalue weighted by Crippen LogP contribution is 2.28. The average Bonchev–Trinajstić information content (AvgIpc) is 3.21. The van der Waals surface area contributed by atoms with E-state index in [-0.39, 0.29) is 29.8 Å². The van der Waals surface area contributed by atoms with Crippen molar-refractivity contribution in [3.63, 3.8) is 0 Å². The van der Waals surface area contributed by atoms with E-state index in [0.717, 1.165) is 43.4 Å². The van der Waals surface area contributed by atoms with Gasteiger partial charge < -0.3 is 10.2 Å². The smallest absolute Gasteiger partial charge is 0.193 e. The molecule has 1 aliphatic rings. The highest BCUT2D eigenvalue weighted by Gasteiger charge is 2.30.